The van der Waals surface area contributed by atoms with E-state index in [1.54, 1.807) is 24.3 Å². The number of carboxylic acids is 1. The van der Waals surface area contributed by atoms with E-state index in [2.05, 4.69) is 20.6 Å². The van der Waals surface area contributed by atoms with Gasteiger partial charge in [0, 0.05) is 12.3 Å². The first-order valence-corrected chi connectivity index (χ1v) is 17.4. The third-order valence-electron chi connectivity index (χ3n) is 10.0. The molecule has 0 spiro atoms. The third-order valence-corrected chi connectivity index (χ3v) is 10.0. The van der Waals surface area contributed by atoms with Crippen molar-refractivity contribution in [1.29, 1.82) is 0 Å². The van der Waals surface area contributed by atoms with Gasteiger partial charge in [-0.3, -0.25) is 14.9 Å². The Balaban J connectivity index is 1.40. The van der Waals surface area contributed by atoms with Crippen LogP contribution in [0.3, 0.4) is 0 Å². The average molecular weight is 698 g/mol. The van der Waals surface area contributed by atoms with Crippen LogP contribution in [-0.2, 0) is 25.0 Å². The van der Waals surface area contributed by atoms with Gasteiger partial charge in [0.05, 0.1) is 30.2 Å². The van der Waals surface area contributed by atoms with Crippen LogP contribution < -0.4 is 15.4 Å². The maximum absolute atomic E-state index is 15.9. The number of fused-ring (bicyclic) bond motifs is 5. The number of carbonyl (C=O) groups excluding carboxylic acids is 2. The largest absolute Gasteiger partial charge is 0.479 e. The molecule has 0 radical (unpaired) electrons. The number of carboxylic acid groups (broad SMARTS) is 1. The number of aliphatic hydroxyl groups is 1. The van der Waals surface area contributed by atoms with Gasteiger partial charge < -0.3 is 29.9 Å². The van der Waals surface area contributed by atoms with E-state index in [1.165, 1.54) is 11.0 Å². The number of carbonyl (C=O) groups is 3. The van der Waals surface area contributed by atoms with Crippen molar-refractivity contribution >= 4 is 28.8 Å². The molecule has 6 rings (SSSR count). The fraction of sp³-hybridized carbons (Fsp3) is 0.583. The first-order valence-electron chi connectivity index (χ1n) is 17.4. The number of para-hydroxylation sites is 2. The summed E-state index contributed by atoms with van der Waals surface area (Å²) in [5.41, 5.74) is -2.16. The summed E-state index contributed by atoms with van der Waals surface area (Å²) in [6, 6.07) is 4.40. The topological polar surface area (TPSA) is 163 Å². The normalized spacial score (nSPS) is 32.0. The predicted octanol–water partition coefficient (Wildman–Crippen LogP) is 4.18. The summed E-state index contributed by atoms with van der Waals surface area (Å²) in [4.78, 5) is 50.7. The highest BCUT2D eigenvalue weighted by atomic mass is 19.3. The number of hydrogen-bond donors (Lipinski definition) is 4. The van der Waals surface area contributed by atoms with Gasteiger partial charge in [0.2, 0.25) is 24.1 Å². The molecule has 50 heavy (non-hydrogen) atoms. The number of halogens is 2. The smallest absolute Gasteiger partial charge is 0.330 e. The Kier molecular flexibility index (Phi) is 10.2. The average Bonchev–Trinajstić information content (AvgIpc) is 3.61. The summed E-state index contributed by atoms with van der Waals surface area (Å²) in [5, 5.41) is 26.6. The molecule has 4 heterocycles. The molecule has 4 N–H and O–H groups in total. The second kappa shape index (κ2) is 14.3. The molecule has 14 heteroatoms. The Morgan fingerprint density at radius 1 is 1.06 bits per heavy atom. The molecule has 4 aliphatic rings. The Labute approximate surface area is 289 Å². The van der Waals surface area contributed by atoms with Crippen molar-refractivity contribution in [2.75, 3.05) is 13.2 Å². The van der Waals surface area contributed by atoms with E-state index in [0.29, 0.717) is 31.2 Å². The number of benzene rings is 1. The van der Waals surface area contributed by atoms with Gasteiger partial charge in [-0.15, -0.1) is 0 Å². The highest BCUT2D eigenvalue weighted by Crippen LogP contribution is 2.45. The van der Waals surface area contributed by atoms with E-state index < -0.39 is 76.8 Å². The minimum Gasteiger partial charge on any atom is -0.479 e. The summed E-state index contributed by atoms with van der Waals surface area (Å²) >= 11 is 0. The zero-order valence-electron chi connectivity index (χ0n) is 28.3. The molecule has 1 saturated heterocycles. The molecule has 3 aliphatic heterocycles. The van der Waals surface area contributed by atoms with Crippen LogP contribution in [0.25, 0.3) is 11.0 Å². The second-order valence-corrected chi connectivity index (χ2v) is 14.6. The monoisotopic (exact) mass is 697 g/mol. The molecule has 2 aromatic rings. The van der Waals surface area contributed by atoms with Gasteiger partial charge in [-0.1, -0.05) is 57.0 Å². The van der Waals surface area contributed by atoms with E-state index >= 15 is 8.78 Å². The first-order chi connectivity index (χ1) is 23.8. The van der Waals surface area contributed by atoms with Crippen LogP contribution in [-0.4, -0.2) is 86.2 Å². The highest BCUT2D eigenvalue weighted by molar-refractivity contribution is 5.95. The first kappa shape index (κ1) is 35.8. The van der Waals surface area contributed by atoms with Gasteiger partial charge >= 0.3 is 11.9 Å². The van der Waals surface area contributed by atoms with Gasteiger partial charge in [0.15, 0.2) is 5.69 Å². The van der Waals surface area contributed by atoms with Crippen molar-refractivity contribution in [3.05, 3.63) is 54.3 Å². The Hall–Kier alpha value is -4.01. The van der Waals surface area contributed by atoms with Crippen molar-refractivity contribution in [3.8, 4) is 5.88 Å². The number of rotatable bonds is 1. The maximum atomic E-state index is 15.9. The number of amides is 2. The molecule has 1 aliphatic carbocycles. The summed E-state index contributed by atoms with van der Waals surface area (Å²) in [6.45, 7) is 3.66. The van der Waals surface area contributed by atoms with Gasteiger partial charge in [-0.25, -0.2) is 14.8 Å². The molecule has 1 aromatic carbocycles. The van der Waals surface area contributed by atoms with Gasteiger partial charge in [-0.2, -0.15) is 8.78 Å². The summed E-state index contributed by atoms with van der Waals surface area (Å²) in [6.07, 6.45) is 7.46. The van der Waals surface area contributed by atoms with E-state index in [4.69, 9.17) is 9.47 Å². The van der Waals surface area contributed by atoms with Crippen LogP contribution in [0.15, 0.2) is 48.6 Å². The summed E-state index contributed by atoms with van der Waals surface area (Å²) < 4.78 is 43.7. The van der Waals surface area contributed by atoms with E-state index in [0.717, 1.165) is 18.9 Å². The fourth-order valence-corrected chi connectivity index (χ4v) is 6.99. The van der Waals surface area contributed by atoms with Gasteiger partial charge in [-0.05, 0) is 62.1 Å². The molecule has 12 nitrogen and oxygen atoms in total. The standard InChI is InChI=1S/C36H45F2N5O7/c1-34(2)16-10-11-17-36(37,38)28-30(40-25-14-9-8-13-24(25)39-28)50-23-18-27-29(44)42-35(32(46)47)19-22(35)12-6-4-3-5-7-15-26(31(45)43(27)20-23)41-33(48)49-21-34/h6,8-9,11-14,17,22-23,26-27,33,41,48H,3-5,7,10,15-16,18-21H2,1-2H3,(H,42,44)(H,46,47). The van der Waals surface area contributed by atoms with Gasteiger partial charge in [0.25, 0.3) is 0 Å². The lowest BCUT2D eigenvalue weighted by Crippen LogP contribution is -2.57. The number of nitrogens with zero attached hydrogens (tertiary/aromatic N) is 3. The predicted molar refractivity (Wildman–Crippen MR) is 178 cm³/mol. The van der Waals surface area contributed by atoms with Crippen LogP contribution >= 0.6 is 0 Å². The van der Waals surface area contributed by atoms with Crippen LogP contribution in [0.5, 0.6) is 5.88 Å². The van der Waals surface area contributed by atoms with Crippen LogP contribution in [0.4, 0.5) is 8.78 Å². The number of nitrogens with one attached hydrogen (secondary N) is 2. The summed E-state index contributed by atoms with van der Waals surface area (Å²) in [7, 11) is 0. The summed E-state index contributed by atoms with van der Waals surface area (Å²) in [5.74, 6) is -6.82. The minimum absolute atomic E-state index is 0.0715. The fourth-order valence-electron chi connectivity index (χ4n) is 6.99. The lowest BCUT2D eigenvalue weighted by molar-refractivity contribution is -0.158. The molecule has 2 amide bonds. The number of aliphatic hydroxyl groups excluding tert-OH is 1. The number of ether oxygens (including phenoxy) is 2. The zero-order chi connectivity index (χ0) is 35.7. The maximum Gasteiger partial charge on any atom is 0.330 e. The number of alkyl halides is 2. The minimum atomic E-state index is -3.58. The quantitative estimate of drug-likeness (QED) is 0.318. The van der Waals surface area contributed by atoms with E-state index in [-0.39, 0.29) is 37.9 Å². The number of aliphatic carboxylic acids is 1. The number of aromatic nitrogens is 2. The Morgan fingerprint density at radius 2 is 1.82 bits per heavy atom. The molecule has 270 valence electrons. The Morgan fingerprint density at radius 3 is 2.58 bits per heavy atom. The number of hydrogen-bond acceptors (Lipinski definition) is 9. The lowest BCUT2D eigenvalue weighted by atomic mass is 9.88. The lowest BCUT2D eigenvalue weighted by Gasteiger charge is -2.31. The number of allylic oxidation sites excluding steroid dienone is 3. The van der Waals surface area contributed by atoms with Crippen LogP contribution in [0, 0.1) is 11.3 Å². The van der Waals surface area contributed by atoms with Crippen molar-refractivity contribution in [2.45, 2.75) is 108 Å². The van der Waals surface area contributed by atoms with Crippen molar-refractivity contribution in [2.24, 2.45) is 11.3 Å². The van der Waals surface area contributed by atoms with E-state index in [1.807, 2.05) is 26.0 Å². The molecule has 1 aromatic heterocycles. The van der Waals surface area contributed by atoms with Crippen molar-refractivity contribution < 1.29 is 42.9 Å². The molecule has 6 atom stereocenters. The molecular weight excluding hydrogens is 652 g/mol. The SMILES string of the molecule is CC1(C)CCC=CC(F)(F)c2nc3ccccc3nc2OC2CC3C(=O)NC4(C(=O)O)CC4C=CCCCCCC(NC(O)OC1)C(=O)N3C2. The van der Waals surface area contributed by atoms with Crippen LogP contribution in [0.2, 0.25) is 0 Å². The van der Waals surface area contributed by atoms with Crippen molar-refractivity contribution in [3.63, 3.8) is 0 Å². The second-order valence-electron chi connectivity index (χ2n) is 14.6. The van der Waals surface area contributed by atoms with Crippen LogP contribution in [0.1, 0.15) is 77.3 Å². The zero-order valence-corrected chi connectivity index (χ0v) is 28.3. The third kappa shape index (κ3) is 7.82. The molecule has 6 unspecified atom stereocenters. The van der Waals surface area contributed by atoms with E-state index in [9.17, 15) is 24.6 Å². The molecule has 2 fully saturated rings. The highest BCUT2D eigenvalue weighted by Gasteiger charge is 2.61. The van der Waals surface area contributed by atoms with Gasteiger partial charge in [0.1, 0.15) is 17.7 Å². The molecular formula is C36H45F2N5O7. The molecule has 3 bridgehead atoms. The Bertz CT molecular complexity index is 1670. The molecule has 1 saturated carbocycles. The van der Waals surface area contributed by atoms with Crippen molar-refractivity contribution in [1.82, 2.24) is 25.5 Å².